The lowest BCUT2D eigenvalue weighted by molar-refractivity contribution is -0.148. The van der Waals surface area contributed by atoms with Gasteiger partial charge in [0.2, 0.25) is 59.1 Å². The van der Waals surface area contributed by atoms with E-state index in [1.165, 1.54) is 123 Å². The van der Waals surface area contributed by atoms with E-state index in [-0.39, 0.29) is 135 Å². The average molecular weight is 1950 g/mol. The van der Waals surface area contributed by atoms with Gasteiger partial charge < -0.3 is 106 Å². The van der Waals surface area contributed by atoms with Crippen LogP contribution in [0.4, 0.5) is 4.79 Å². The second kappa shape index (κ2) is 55.2. The summed E-state index contributed by atoms with van der Waals surface area (Å²) in [5.74, 6) is 1.28. The zero-order valence-corrected chi connectivity index (χ0v) is 84.9. The lowest BCUT2D eigenvalue weighted by Crippen LogP contribution is -2.54. The van der Waals surface area contributed by atoms with E-state index >= 15 is 33.6 Å². The number of carbonyl (C=O) groups excluding carboxylic acids is 11. The molecule has 6 aromatic rings. The van der Waals surface area contributed by atoms with Gasteiger partial charge in [-0.1, -0.05) is 138 Å². The molecular weight excluding hydrogens is 1790 g/mol. The lowest BCUT2D eigenvalue weighted by Gasteiger charge is -2.58. The van der Waals surface area contributed by atoms with Crippen molar-refractivity contribution in [3.8, 4) is 34.5 Å². The molecule has 11 amide bonds. The molecule has 4 aliphatic carbocycles. The van der Waals surface area contributed by atoms with Gasteiger partial charge in [-0.2, -0.15) is 0 Å². The number of nitrogens with two attached hydrogens (primary N) is 4. The van der Waals surface area contributed by atoms with Gasteiger partial charge >= 0.3 is 6.09 Å². The highest BCUT2D eigenvalue weighted by Crippen LogP contribution is 2.67. The monoisotopic (exact) mass is 1950 g/mol. The summed E-state index contributed by atoms with van der Waals surface area (Å²) < 4.78 is 38.7. The third-order valence-corrected chi connectivity index (χ3v) is 29.4. The minimum Gasteiger partial charge on any atom is -0.497 e. The minimum absolute atomic E-state index is 0.0111. The van der Waals surface area contributed by atoms with Crippen LogP contribution in [0.25, 0.3) is 0 Å². The molecular formula is C109H154N14O18. The predicted molar refractivity (Wildman–Crippen MR) is 542 cm³/mol. The minimum atomic E-state index is -0.771. The fraction of sp³-hybridized carbons (Fsp3) is 0.550. The molecule has 3 saturated carbocycles. The number of rotatable bonds is 57. The van der Waals surface area contributed by atoms with Crippen molar-refractivity contribution >= 4 is 65.2 Å². The molecule has 0 radical (unpaired) electrons. The van der Waals surface area contributed by atoms with E-state index in [2.05, 4.69) is 46.0 Å². The van der Waals surface area contributed by atoms with Crippen LogP contribution in [0, 0.1) is 46.3 Å². The van der Waals surface area contributed by atoms with Crippen molar-refractivity contribution in [3.63, 3.8) is 0 Å². The number of alkyl carbamates (subject to hydrolysis) is 1. The molecule has 3 fully saturated rings. The molecule has 6 aromatic carbocycles. The number of nitrogens with zero attached hydrogens (tertiary/aromatic N) is 9. The molecule has 768 valence electrons. The number of fused-ring (bicyclic) bond motifs is 5. The Morgan fingerprint density at radius 2 is 0.667 bits per heavy atom. The Labute approximate surface area is 833 Å². The molecule has 141 heavy (non-hydrogen) atoms. The van der Waals surface area contributed by atoms with Crippen molar-refractivity contribution in [2.45, 2.75) is 156 Å². The number of amides is 11. The van der Waals surface area contributed by atoms with E-state index in [1.54, 1.807) is 87.0 Å². The van der Waals surface area contributed by atoms with Crippen LogP contribution in [-0.2, 0) is 91.2 Å². The molecule has 0 aliphatic heterocycles. The molecule has 0 aromatic heterocycles. The van der Waals surface area contributed by atoms with Gasteiger partial charge in [0, 0.05) is 97.9 Å². The fourth-order valence-corrected chi connectivity index (χ4v) is 21.1. The van der Waals surface area contributed by atoms with Crippen molar-refractivity contribution in [3.05, 3.63) is 191 Å². The van der Waals surface area contributed by atoms with Crippen LogP contribution in [0.5, 0.6) is 34.5 Å². The molecule has 0 saturated heterocycles. The van der Waals surface area contributed by atoms with E-state index in [4.69, 9.17) is 56.1 Å². The Balaban J connectivity index is 0.848. The first-order valence-corrected chi connectivity index (χ1v) is 50.1. The number of allylic oxidation sites excluding steroid dienone is 1. The van der Waals surface area contributed by atoms with Gasteiger partial charge in [0.15, 0.2) is 0 Å². The SMILES string of the molecule is COc1ccc(CCN(CC(N)=O)C(=O)CN(CCc2ccc(OC)cc2)C(=O)CN(CCN)C(=O)CN(CCc2ccc(OC)cc2)C(=O)CN(CCc2ccc(OC)cc2)C(=O)CN(CCN)C(=O)CN(CCc2ccc(OC)cc2)C(=O)CN(CCc2ccc(OC)cc2)C(=O)CN(CCN)C(=O)CCNC(=O)OC2CCC3(C)C(=CCC4C3CCC3(C)C(C(C)CCCC(C)C)CCC43)C2)cc1. The van der Waals surface area contributed by atoms with Gasteiger partial charge in [0.05, 0.1) is 102 Å². The number of hydrogen-bond acceptors (Lipinski definition) is 21. The standard InChI is InChI=1S/C109H154N14O18/c1-77(2)13-12-14-78(3)94-41-42-95-93-40-27-85-67-92(43-52-108(85,4)96(93)44-53-109(94,95)5)141-107(134)114-57-45-98(125)121(64-54-110)74-102(129)117(60-48-81-19-32-88(137-8)33-20-81)70-100(127)119(62-50-83-23-36-90(139-10)37-24-83)72-106(133)123(66-56-112)76-104(131)118(61-49-82-21-34-89(138-9)35-22-82)71-101(128)120(63-51-84-25-38-91(140-11)39-26-84)73-105(132)122(65-55-111)75-103(130)116(59-47-80-17-30-87(136-7)31-18-80)69-99(126)115(68-97(113)124)58-46-79-15-28-86(135-6)29-16-79/h15-39,77-78,92-96H,12-14,40-76,110-112H2,1-11H3,(H2,113,124)(H,114,134). The highest BCUT2D eigenvalue weighted by Gasteiger charge is 2.59. The third kappa shape index (κ3) is 32.6. The Kier molecular flexibility index (Phi) is 43.3. The Bertz CT molecular complexity index is 5070. The lowest BCUT2D eigenvalue weighted by atomic mass is 9.47. The van der Waals surface area contributed by atoms with Gasteiger partial charge in [-0.05, 0) is 236 Å². The van der Waals surface area contributed by atoms with Gasteiger partial charge in [-0.3, -0.25) is 47.9 Å². The second-order valence-corrected chi connectivity index (χ2v) is 39.0. The number of primary amides is 1. The van der Waals surface area contributed by atoms with Crippen LogP contribution in [0.3, 0.4) is 0 Å². The molecule has 8 atom stereocenters. The number of methoxy groups -OCH3 is 6. The van der Waals surface area contributed by atoms with Crippen LogP contribution in [0.15, 0.2) is 157 Å². The van der Waals surface area contributed by atoms with Crippen LogP contribution in [0.1, 0.15) is 145 Å². The zero-order valence-electron chi connectivity index (χ0n) is 84.9. The molecule has 32 heteroatoms. The maximum Gasteiger partial charge on any atom is 0.407 e. The Morgan fingerprint density at radius 3 is 0.957 bits per heavy atom. The summed E-state index contributed by atoms with van der Waals surface area (Å²) in [6, 6.07) is 43.1. The van der Waals surface area contributed by atoms with Gasteiger partial charge in [0.25, 0.3) is 0 Å². The number of hydrogen-bond donors (Lipinski definition) is 5. The maximum absolute atomic E-state index is 15.6. The summed E-state index contributed by atoms with van der Waals surface area (Å²) >= 11 is 0. The van der Waals surface area contributed by atoms with E-state index in [1.807, 2.05) is 72.8 Å². The predicted octanol–water partition coefficient (Wildman–Crippen LogP) is 9.84. The van der Waals surface area contributed by atoms with Crippen LogP contribution < -0.4 is 56.7 Å². The molecule has 0 heterocycles. The Morgan fingerprint density at radius 1 is 0.369 bits per heavy atom. The number of ether oxygens (including phenoxy) is 7. The zero-order chi connectivity index (χ0) is 102. The highest BCUT2D eigenvalue weighted by molar-refractivity contribution is 5.94. The van der Waals surface area contributed by atoms with Crippen molar-refractivity contribution in [1.29, 1.82) is 0 Å². The van der Waals surface area contributed by atoms with Crippen LogP contribution in [0.2, 0.25) is 0 Å². The summed E-state index contributed by atoms with van der Waals surface area (Å²) in [5, 5.41) is 2.82. The summed E-state index contributed by atoms with van der Waals surface area (Å²) in [7, 11) is 9.24. The maximum atomic E-state index is 15.6. The smallest absolute Gasteiger partial charge is 0.407 e. The quantitative estimate of drug-likeness (QED) is 0.0222. The van der Waals surface area contributed by atoms with Crippen molar-refractivity contribution < 1.29 is 85.9 Å². The molecule has 8 unspecified atom stereocenters. The first-order chi connectivity index (χ1) is 67.8. The van der Waals surface area contributed by atoms with E-state index in [0.29, 0.717) is 64.6 Å². The largest absolute Gasteiger partial charge is 0.497 e. The van der Waals surface area contributed by atoms with Crippen molar-refractivity contribution in [1.82, 2.24) is 49.4 Å². The van der Waals surface area contributed by atoms with Gasteiger partial charge in [-0.15, -0.1) is 0 Å². The molecule has 9 N–H and O–H groups in total. The molecule has 32 nitrogen and oxygen atoms in total. The van der Waals surface area contributed by atoms with Crippen molar-refractivity contribution in [2.75, 3.05) is 187 Å². The highest BCUT2D eigenvalue weighted by atomic mass is 16.6. The number of nitrogens with one attached hydrogen (secondary N) is 1. The molecule has 10 rings (SSSR count). The normalized spacial score (nSPS) is 18.0. The molecule has 4 aliphatic rings. The average Bonchev–Trinajstić information content (AvgIpc) is 1.60. The number of carbonyl (C=O) groups is 11. The van der Waals surface area contributed by atoms with Gasteiger partial charge in [0.1, 0.15) is 40.6 Å². The van der Waals surface area contributed by atoms with Gasteiger partial charge in [-0.25, -0.2) is 4.79 Å². The fourth-order valence-electron chi connectivity index (χ4n) is 21.1. The summed E-state index contributed by atoms with van der Waals surface area (Å²) in [6.45, 7) is 6.19. The molecule has 0 spiro atoms. The molecule has 0 bridgehead atoms. The second-order valence-electron chi connectivity index (χ2n) is 39.0. The van der Waals surface area contributed by atoms with E-state index < -0.39 is 124 Å². The topological polar surface area (TPSA) is 398 Å². The van der Waals surface area contributed by atoms with E-state index in [9.17, 15) is 19.2 Å². The van der Waals surface area contributed by atoms with Crippen LogP contribution >= 0.6 is 0 Å². The summed E-state index contributed by atoms with van der Waals surface area (Å²) in [6.07, 6.45) is 15.3. The first kappa shape index (κ1) is 111. The third-order valence-electron chi connectivity index (χ3n) is 29.4. The number of benzene rings is 6. The first-order valence-electron chi connectivity index (χ1n) is 50.1. The van der Waals surface area contributed by atoms with E-state index in [0.717, 1.165) is 76.3 Å². The summed E-state index contributed by atoms with van der Waals surface area (Å²) in [4.78, 5) is 174. The van der Waals surface area contributed by atoms with Crippen LogP contribution in [-0.4, -0.2) is 302 Å². The Hall–Kier alpha value is -12.3. The van der Waals surface area contributed by atoms with Crippen molar-refractivity contribution in [2.24, 2.45) is 69.3 Å². The summed E-state index contributed by atoms with van der Waals surface area (Å²) in [5.41, 5.74) is 31.0.